The largest absolute Gasteiger partial charge is 0.493 e. The number of hydrogen-bond donors (Lipinski definition) is 2. The molecule has 3 aromatic rings. The van der Waals surface area contributed by atoms with Crippen molar-refractivity contribution in [2.24, 2.45) is 0 Å². The van der Waals surface area contributed by atoms with Crippen LogP contribution in [0.15, 0.2) is 66.7 Å². The normalized spacial score (nSPS) is 14.8. The molecule has 0 fully saturated rings. The second-order valence-corrected chi connectivity index (χ2v) is 8.50. The Morgan fingerprint density at radius 2 is 1.67 bits per heavy atom. The van der Waals surface area contributed by atoms with Crippen molar-refractivity contribution in [2.75, 3.05) is 18.5 Å². The molecule has 0 radical (unpaired) electrons. The van der Waals surface area contributed by atoms with E-state index in [1.165, 1.54) is 5.01 Å². The van der Waals surface area contributed by atoms with Crippen LogP contribution in [0.1, 0.15) is 46.3 Å². The molecule has 1 aliphatic rings. The maximum atomic E-state index is 13.6. The van der Waals surface area contributed by atoms with E-state index >= 15 is 0 Å². The van der Waals surface area contributed by atoms with Crippen LogP contribution in [0, 0.1) is 3.57 Å². The number of fused-ring (bicyclic) bond motifs is 1. The molecular formula is C25H24IN3O4. The number of ether oxygens (including phenoxy) is 2. The third-order valence-corrected chi connectivity index (χ3v) is 5.82. The van der Waals surface area contributed by atoms with Gasteiger partial charge >= 0.3 is 0 Å². The molecule has 1 heterocycles. The zero-order chi connectivity index (χ0) is 23.4. The standard InChI is InChI=1S/C25H24IN3O4/c1-3-32-21-11-7-5-9-17(21)23-27-20-14-13-16(26)15-19(20)25(31)29(23)28-24(30)18-10-6-8-12-22(18)33-4-2/h5-15,23,27H,3-4H2,1-2H3,(H,28,30). The second-order valence-electron chi connectivity index (χ2n) is 7.25. The summed E-state index contributed by atoms with van der Waals surface area (Å²) in [6.07, 6.45) is -0.670. The quantitative estimate of drug-likeness (QED) is 0.400. The molecule has 1 atom stereocenters. The predicted molar refractivity (Wildman–Crippen MR) is 134 cm³/mol. The minimum atomic E-state index is -0.670. The van der Waals surface area contributed by atoms with Gasteiger partial charge in [-0.2, -0.15) is 0 Å². The Bertz CT molecular complexity index is 1180. The molecule has 0 bridgehead atoms. The Morgan fingerprint density at radius 3 is 2.42 bits per heavy atom. The van der Waals surface area contributed by atoms with Crippen molar-refractivity contribution < 1.29 is 19.1 Å². The molecule has 33 heavy (non-hydrogen) atoms. The van der Waals surface area contributed by atoms with Crippen molar-refractivity contribution in [3.63, 3.8) is 0 Å². The molecule has 0 spiro atoms. The van der Waals surface area contributed by atoms with Crippen LogP contribution >= 0.6 is 22.6 Å². The number of hydrogen-bond acceptors (Lipinski definition) is 5. The summed E-state index contributed by atoms with van der Waals surface area (Å²) in [6, 6.07) is 20.0. The lowest BCUT2D eigenvalue weighted by Gasteiger charge is -2.38. The minimum absolute atomic E-state index is 0.319. The fraction of sp³-hybridized carbons (Fsp3) is 0.200. The number of para-hydroxylation sites is 2. The van der Waals surface area contributed by atoms with Crippen LogP contribution in [-0.2, 0) is 0 Å². The highest BCUT2D eigenvalue weighted by atomic mass is 127. The van der Waals surface area contributed by atoms with E-state index in [1.807, 2.05) is 50.2 Å². The van der Waals surface area contributed by atoms with Gasteiger partial charge in [0.25, 0.3) is 11.8 Å². The van der Waals surface area contributed by atoms with Gasteiger partial charge in [0, 0.05) is 14.8 Å². The Balaban J connectivity index is 1.76. The SMILES string of the molecule is CCOc1ccccc1C(=O)NN1C(=O)c2cc(I)ccc2NC1c1ccccc1OCC. The maximum Gasteiger partial charge on any atom is 0.276 e. The molecule has 3 aromatic carbocycles. The third-order valence-electron chi connectivity index (χ3n) is 5.15. The maximum absolute atomic E-state index is 13.6. The molecular weight excluding hydrogens is 533 g/mol. The van der Waals surface area contributed by atoms with Crippen molar-refractivity contribution in [1.29, 1.82) is 0 Å². The van der Waals surface area contributed by atoms with Crippen LogP contribution in [0.4, 0.5) is 5.69 Å². The van der Waals surface area contributed by atoms with Gasteiger partial charge in [0.2, 0.25) is 0 Å². The van der Waals surface area contributed by atoms with E-state index in [-0.39, 0.29) is 5.91 Å². The summed E-state index contributed by atoms with van der Waals surface area (Å²) in [5.74, 6) is 0.326. The molecule has 2 amide bonds. The summed E-state index contributed by atoms with van der Waals surface area (Å²) in [4.78, 5) is 26.9. The monoisotopic (exact) mass is 557 g/mol. The highest BCUT2D eigenvalue weighted by Gasteiger charge is 2.36. The first-order chi connectivity index (χ1) is 16.0. The van der Waals surface area contributed by atoms with Crippen molar-refractivity contribution in [2.45, 2.75) is 20.0 Å². The Hall–Kier alpha value is -3.27. The molecule has 1 aliphatic heterocycles. The molecule has 0 aromatic heterocycles. The molecule has 0 saturated heterocycles. The number of amides is 2. The Labute approximate surface area is 206 Å². The number of carbonyl (C=O) groups is 2. The van der Waals surface area contributed by atoms with Crippen LogP contribution in [0.2, 0.25) is 0 Å². The highest BCUT2D eigenvalue weighted by molar-refractivity contribution is 14.1. The van der Waals surface area contributed by atoms with Crippen LogP contribution in [-0.4, -0.2) is 30.0 Å². The van der Waals surface area contributed by atoms with E-state index in [0.717, 1.165) is 9.13 Å². The number of anilines is 1. The van der Waals surface area contributed by atoms with Gasteiger partial charge < -0.3 is 14.8 Å². The number of halogens is 1. The first kappa shape index (κ1) is 22.9. The molecule has 1 unspecified atom stereocenters. The van der Waals surface area contributed by atoms with Crippen LogP contribution in [0.25, 0.3) is 0 Å². The lowest BCUT2D eigenvalue weighted by atomic mass is 10.0. The number of nitrogens with one attached hydrogen (secondary N) is 2. The molecule has 0 aliphatic carbocycles. The summed E-state index contributed by atoms with van der Waals surface area (Å²) in [5, 5.41) is 4.71. The van der Waals surface area contributed by atoms with Gasteiger partial charge in [-0.15, -0.1) is 0 Å². The van der Waals surface area contributed by atoms with E-state index < -0.39 is 12.1 Å². The zero-order valence-electron chi connectivity index (χ0n) is 18.3. The number of rotatable bonds is 7. The lowest BCUT2D eigenvalue weighted by molar-refractivity contribution is 0.0486. The molecule has 2 N–H and O–H groups in total. The number of nitrogens with zero attached hydrogens (tertiary/aromatic N) is 1. The topological polar surface area (TPSA) is 79.9 Å². The summed E-state index contributed by atoms with van der Waals surface area (Å²) >= 11 is 2.16. The Morgan fingerprint density at radius 1 is 1.00 bits per heavy atom. The average molecular weight is 557 g/mol. The highest BCUT2D eigenvalue weighted by Crippen LogP contribution is 2.36. The number of hydrazine groups is 1. The minimum Gasteiger partial charge on any atom is -0.493 e. The summed E-state index contributed by atoms with van der Waals surface area (Å²) in [7, 11) is 0. The second kappa shape index (κ2) is 10.1. The molecule has 0 saturated carbocycles. The fourth-order valence-corrected chi connectivity index (χ4v) is 4.20. The fourth-order valence-electron chi connectivity index (χ4n) is 3.71. The van der Waals surface area contributed by atoms with E-state index in [0.29, 0.717) is 41.5 Å². The first-order valence-electron chi connectivity index (χ1n) is 10.7. The van der Waals surface area contributed by atoms with Crippen LogP contribution in [0.3, 0.4) is 0 Å². The number of carbonyl (C=O) groups excluding carboxylic acids is 2. The zero-order valence-corrected chi connectivity index (χ0v) is 20.5. The molecule has 7 nitrogen and oxygen atoms in total. The molecule has 4 rings (SSSR count). The van der Waals surface area contributed by atoms with Crippen LogP contribution < -0.4 is 20.2 Å². The van der Waals surface area contributed by atoms with Gasteiger partial charge in [0.1, 0.15) is 11.5 Å². The van der Waals surface area contributed by atoms with Crippen LogP contribution in [0.5, 0.6) is 11.5 Å². The summed E-state index contributed by atoms with van der Waals surface area (Å²) in [6.45, 7) is 4.65. The van der Waals surface area contributed by atoms with E-state index in [2.05, 4.69) is 33.3 Å². The van der Waals surface area contributed by atoms with Gasteiger partial charge in [-0.3, -0.25) is 15.0 Å². The lowest BCUT2D eigenvalue weighted by Crippen LogP contribution is -2.53. The number of benzene rings is 3. The first-order valence-corrected chi connectivity index (χ1v) is 11.8. The van der Waals surface area contributed by atoms with Crippen molar-refractivity contribution in [3.05, 3.63) is 87.0 Å². The van der Waals surface area contributed by atoms with Gasteiger partial charge in [-0.1, -0.05) is 30.3 Å². The molecule has 8 heteroatoms. The smallest absolute Gasteiger partial charge is 0.276 e. The third kappa shape index (κ3) is 4.75. The Kier molecular flexibility index (Phi) is 7.02. The summed E-state index contributed by atoms with van der Waals surface area (Å²) < 4.78 is 12.3. The van der Waals surface area contributed by atoms with E-state index in [4.69, 9.17) is 9.47 Å². The predicted octanol–water partition coefficient (Wildman–Crippen LogP) is 5.00. The average Bonchev–Trinajstić information content (AvgIpc) is 2.82. The molecule has 170 valence electrons. The van der Waals surface area contributed by atoms with Crippen molar-refractivity contribution in [1.82, 2.24) is 10.4 Å². The van der Waals surface area contributed by atoms with Gasteiger partial charge in [0.05, 0.1) is 24.3 Å². The summed E-state index contributed by atoms with van der Waals surface area (Å²) in [5.41, 5.74) is 5.05. The van der Waals surface area contributed by atoms with Gasteiger partial charge in [0.15, 0.2) is 6.17 Å². The van der Waals surface area contributed by atoms with Crippen molar-refractivity contribution in [3.8, 4) is 11.5 Å². The van der Waals surface area contributed by atoms with E-state index in [1.54, 1.807) is 30.3 Å². The van der Waals surface area contributed by atoms with E-state index in [9.17, 15) is 9.59 Å². The van der Waals surface area contributed by atoms with Gasteiger partial charge in [-0.25, -0.2) is 5.01 Å². The van der Waals surface area contributed by atoms with Gasteiger partial charge in [-0.05, 0) is 72.8 Å². The van der Waals surface area contributed by atoms with Crippen molar-refractivity contribution >= 4 is 40.1 Å².